The minimum absolute atomic E-state index is 0.0810. The number of methoxy groups -OCH3 is 1. The molecule has 2 aromatic carbocycles. The summed E-state index contributed by atoms with van der Waals surface area (Å²) in [7, 11) is 1.52. The first-order chi connectivity index (χ1) is 15.7. The first-order valence-electron chi connectivity index (χ1n) is 10.5. The molecule has 1 aromatic heterocycles. The molecule has 3 aromatic rings. The highest BCUT2D eigenvalue weighted by Crippen LogP contribution is 2.43. The molecule has 172 valence electrons. The predicted octanol–water partition coefficient (Wildman–Crippen LogP) is 7.25. The lowest BCUT2D eigenvalue weighted by Gasteiger charge is -2.33. The van der Waals surface area contributed by atoms with Crippen LogP contribution in [0.15, 0.2) is 52.7 Å². The number of thiophene rings is 1. The maximum Gasteiger partial charge on any atom is 0.348 e. The smallest absolute Gasteiger partial charge is 0.348 e. The maximum atomic E-state index is 13.9. The fourth-order valence-corrected chi connectivity index (χ4v) is 5.68. The Kier molecular flexibility index (Phi) is 6.54. The van der Waals surface area contributed by atoms with Gasteiger partial charge in [-0.25, -0.2) is 9.18 Å². The third-order valence-electron chi connectivity index (χ3n) is 5.53. The van der Waals surface area contributed by atoms with Crippen molar-refractivity contribution in [1.29, 1.82) is 0 Å². The second-order valence-electron chi connectivity index (χ2n) is 8.43. The summed E-state index contributed by atoms with van der Waals surface area (Å²) in [5, 5.41) is 3.54. The average molecular weight is 484 g/mol. The van der Waals surface area contributed by atoms with Crippen molar-refractivity contribution in [3.8, 4) is 16.9 Å². The zero-order chi connectivity index (χ0) is 23.8. The van der Waals surface area contributed by atoms with Crippen LogP contribution in [-0.4, -0.2) is 24.9 Å². The van der Waals surface area contributed by atoms with E-state index in [0.29, 0.717) is 10.6 Å². The molecule has 4 rings (SSSR count). The minimum atomic E-state index is -0.372. The SMILES string of the molecule is COc1cc(F)ccc1-c1ccc2c(c1COC(=O)c1ccc(SC)s1)C(C)=CC(C)(C)N2. The molecule has 33 heavy (non-hydrogen) atoms. The van der Waals surface area contributed by atoms with Gasteiger partial charge >= 0.3 is 5.97 Å². The first kappa shape index (κ1) is 23.4. The van der Waals surface area contributed by atoms with Crippen LogP contribution in [0, 0.1) is 5.82 Å². The number of halogens is 1. The van der Waals surface area contributed by atoms with Gasteiger partial charge in [0.05, 0.1) is 16.9 Å². The molecule has 7 heteroatoms. The largest absolute Gasteiger partial charge is 0.496 e. The van der Waals surface area contributed by atoms with Gasteiger partial charge in [-0.05, 0) is 68.5 Å². The molecule has 0 atom stereocenters. The minimum Gasteiger partial charge on any atom is -0.496 e. The van der Waals surface area contributed by atoms with Crippen molar-refractivity contribution in [2.24, 2.45) is 0 Å². The van der Waals surface area contributed by atoms with E-state index in [0.717, 1.165) is 37.7 Å². The van der Waals surface area contributed by atoms with Crippen LogP contribution >= 0.6 is 23.1 Å². The Hall–Kier alpha value is -2.77. The van der Waals surface area contributed by atoms with Crippen LogP contribution in [0.5, 0.6) is 5.75 Å². The Balaban J connectivity index is 1.80. The van der Waals surface area contributed by atoms with Gasteiger partial charge in [0.1, 0.15) is 23.1 Å². The molecule has 0 radical (unpaired) electrons. The standard InChI is InChI=1S/C26H26FNO3S2/c1-15-13-26(2,3)28-20-9-8-17(18-7-6-16(27)12-21(18)30-4)19(24(15)20)14-31-25(29)22-10-11-23(32-5)33-22/h6-13,28H,14H2,1-5H3. The Morgan fingerprint density at radius 1 is 1.15 bits per heavy atom. The molecule has 1 aliphatic rings. The topological polar surface area (TPSA) is 47.6 Å². The Morgan fingerprint density at radius 2 is 1.91 bits per heavy atom. The fraction of sp³-hybridized carbons (Fsp3) is 0.269. The van der Waals surface area contributed by atoms with Crippen molar-refractivity contribution in [3.05, 3.63) is 70.4 Å². The van der Waals surface area contributed by atoms with E-state index < -0.39 is 0 Å². The van der Waals surface area contributed by atoms with Gasteiger partial charge in [-0.3, -0.25) is 0 Å². The van der Waals surface area contributed by atoms with E-state index in [1.807, 2.05) is 24.5 Å². The number of ether oxygens (including phenoxy) is 2. The number of hydrogen-bond donors (Lipinski definition) is 1. The second-order valence-corrected chi connectivity index (χ2v) is 10.6. The molecule has 0 spiro atoms. The number of fused-ring (bicyclic) bond motifs is 1. The lowest BCUT2D eigenvalue weighted by atomic mass is 9.85. The number of anilines is 1. The fourth-order valence-electron chi connectivity index (χ4n) is 4.24. The van der Waals surface area contributed by atoms with Crippen molar-refractivity contribution >= 4 is 40.3 Å². The first-order valence-corrected chi connectivity index (χ1v) is 12.6. The average Bonchev–Trinajstić information content (AvgIpc) is 3.26. The summed E-state index contributed by atoms with van der Waals surface area (Å²) in [6.45, 7) is 6.35. The predicted molar refractivity (Wildman–Crippen MR) is 135 cm³/mol. The summed E-state index contributed by atoms with van der Waals surface area (Å²) < 4.78 is 26.2. The van der Waals surface area contributed by atoms with Crippen molar-refractivity contribution in [2.75, 3.05) is 18.7 Å². The van der Waals surface area contributed by atoms with Crippen LogP contribution in [0.4, 0.5) is 10.1 Å². The van der Waals surface area contributed by atoms with Gasteiger partial charge in [0.15, 0.2) is 0 Å². The number of thioether (sulfide) groups is 1. The normalized spacial score (nSPS) is 14.2. The summed E-state index contributed by atoms with van der Waals surface area (Å²) in [5.41, 5.74) is 5.27. The second kappa shape index (κ2) is 9.23. The molecular formula is C26H26FNO3S2. The number of carbonyl (C=O) groups excluding carboxylic acids is 1. The van der Waals surface area contributed by atoms with Crippen molar-refractivity contribution < 1.29 is 18.7 Å². The molecule has 0 bridgehead atoms. The van der Waals surface area contributed by atoms with Crippen LogP contribution < -0.4 is 10.1 Å². The van der Waals surface area contributed by atoms with Crippen molar-refractivity contribution in [3.63, 3.8) is 0 Å². The van der Waals surface area contributed by atoms with Crippen LogP contribution in [0.25, 0.3) is 16.7 Å². The molecule has 0 unspecified atom stereocenters. The van der Waals surface area contributed by atoms with Crippen LogP contribution in [0.1, 0.15) is 41.6 Å². The van der Waals surface area contributed by atoms with E-state index in [2.05, 4.69) is 32.2 Å². The maximum absolute atomic E-state index is 13.9. The number of esters is 1. The summed E-state index contributed by atoms with van der Waals surface area (Å²) in [4.78, 5) is 13.4. The van der Waals surface area contributed by atoms with Gasteiger partial charge in [0.25, 0.3) is 0 Å². The summed E-state index contributed by atoms with van der Waals surface area (Å²) in [6.07, 6.45) is 4.14. The molecule has 0 fully saturated rings. The van der Waals surface area contributed by atoms with E-state index in [4.69, 9.17) is 9.47 Å². The van der Waals surface area contributed by atoms with Crippen LogP contribution in [-0.2, 0) is 11.3 Å². The molecule has 1 N–H and O–H groups in total. The van der Waals surface area contributed by atoms with Crippen molar-refractivity contribution in [2.45, 2.75) is 37.1 Å². The molecule has 2 heterocycles. The van der Waals surface area contributed by atoms with E-state index in [-0.39, 0.29) is 23.9 Å². The lowest BCUT2D eigenvalue weighted by Crippen LogP contribution is -2.32. The quantitative estimate of drug-likeness (QED) is 0.296. The van der Waals surface area contributed by atoms with Gasteiger partial charge in [-0.15, -0.1) is 23.1 Å². The van der Waals surface area contributed by atoms with Gasteiger partial charge in [-0.1, -0.05) is 12.1 Å². The third kappa shape index (κ3) is 4.80. The number of benzene rings is 2. The van der Waals surface area contributed by atoms with Gasteiger partial charge in [0, 0.05) is 28.4 Å². The number of nitrogens with one attached hydrogen (secondary N) is 1. The van der Waals surface area contributed by atoms with Gasteiger partial charge in [-0.2, -0.15) is 0 Å². The van der Waals surface area contributed by atoms with E-state index in [9.17, 15) is 9.18 Å². The molecule has 0 amide bonds. The Labute approximate surface area is 201 Å². The highest BCUT2D eigenvalue weighted by atomic mass is 32.2. The number of hydrogen-bond acceptors (Lipinski definition) is 6. The summed E-state index contributed by atoms with van der Waals surface area (Å²) >= 11 is 3.01. The number of carbonyl (C=O) groups is 1. The zero-order valence-corrected chi connectivity index (χ0v) is 20.9. The Bertz CT molecular complexity index is 1250. The van der Waals surface area contributed by atoms with Crippen molar-refractivity contribution in [1.82, 2.24) is 0 Å². The highest BCUT2D eigenvalue weighted by Gasteiger charge is 2.27. The van der Waals surface area contributed by atoms with E-state index in [1.165, 1.54) is 30.6 Å². The number of allylic oxidation sites excluding steroid dienone is 1. The molecule has 0 saturated heterocycles. The monoisotopic (exact) mass is 483 g/mol. The third-order valence-corrected chi connectivity index (χ3v) is 7.67. The van der Waals surface area contributed by atoms with Gasteiger partial charge in [0.2, 0.25) is 0 Å². The molecule has 4 nitrogen and oxygen atoms in total. The molecular weight excluding hydrogens is 457 g/mol. The molecule has 1 aliphatic heterocycles. The van der Waals surface area contributed by atoms with Crippen LogP contribution in [0.2, 0.25) is 0 Å². The summed E-state index contributed by atoms with van der Waals surface area (Å²) in [5.74, 6) is -0.305. The zero-order valence-electron chi connectivity index (χ0n) is 19.2. The Morgan fingerprint density at radius 3 is 2.61 bits per heavy atom. The number of rotatable bonds is 6. The summed E-state index contributed by atoms with van der Waals surface area (Å²) in [6, 6.07) is 12.2. The van der Waals surface area contributed by atoms with Crippen LogP contribution in [0.3, 0.4) is 0 Å². The lowest BCUT2D eigenvalue weighted by molar-refractivity contribution is 0.0479. The van der Waals surface area contributed by atoms with E-state index >= 15 is 0 Å². The molecule has 0 saturated carbocycles. The van der Waals surface area contributed by atoms with E-state index in [1.54, 1.807) is 23.9 Å². The van der Waals surface area contributed by atoms with Gasteiger partial charge < -0.3 is 14.8 Å². The molecule has 0 aliphatic carbocycles. The highest BCUT2D eigenvalue weighted by molar-refractivity contribution is 8.00.